The monoisotopic (exact) mass is 517 g/mol. The molecule has 3 aliphatic heterocycles. The number of aliphatic carboxylic acids is 1. The van der Waals surface area contributed by atoms with Gasteiger partial charge in [0.2, 0.25) is 23.6 Å². The van der Waals surface area contributed by atoms with Crippen molar-refractivity contribution in [3.05, 3.63) is 0 Å². The molecule has 34 heavy (non-hydrogen) atoms. The Hall–Kier alpha value is -2.03. The van der Waals surface area contributed by atoms with E-state index in [9.17, 15) is 34.2 Å². The molecule has 3 saturated heterocycles. The molecule has 6 N–H and O–H groups in total. The molecule has 3 rings (SSSR count). The van der Waals surface area contributed by atoms with Crippen molar-refractivity contribution < 1.29 is 34.2 Å². The van der Waals surface area contributed by atoms with Crippen LogP contribution < -0.4 is 21.3 Å². The Morgan fingerprint density at radius 3 is 2.41 bits per heavy atom. The molecule has 0 radical (unpaired) electrons. The molecule has 0 aliphatic carbocycles. The summed E-state index contributed by atoms with van der Waals surface area (Å²) in [6.45, 7) is 0.991. The third-order valence-corrected chi connectivity index (χ3v) is 8.57. The number of aliphatic hydroxyl groups is 1. The summed E-state index contributed by atoms with van der Waals surface area (Å²) in [5.74, 6) is -3.34. The summed E-state index contributed by atoms with van der Waals surface area (Å²) < 4.78 is 0. The zero-order valence-electron chi connectivity index (χ0n) is 18.7. The van der Waals surface area contributed by atoms with Gasteiger partial charge in [0.15, 0.2) is 0 Å². The quantitative estimate of drug-likeness (QED) is 0.227. The van der Waals surface area contributed by atoms with Crippen molar-refractivity contribution in [2.24, 2.45) is 5.92 Å². The summed E-state index contributed by atoms with van der Waals surface area (Å²) in [4.78, 5) is 64.5. The number of nitrogens with one attached hydrogen (secondary N) is 4. The van der Waals surface area contributed by atoms with Crippen LogP contribution in [0.5, 0.6) is 0 Å². The van der Waals surface area contributed by atoms with Crippen LogP contribution in [0.15, 0.2) is 0 Å². The highest BCUT2D eigenvalue weighted by molar-refractivity contribution is 8.76. The molecule has 4 atom stereocenters. The van der Waals surface area contributed by atoms with Crippen molar-refractivity contribution in [2.45, 2.75) is 49.9 Å². The number of rotatable bonds is 4. The van der Waals surface area contributed by atoms with E-state index >= 15 is 0 Å². The maximum atomic E-state index is 13.1. The van der Waals surface area contributed by atoms with Gasteiger partial charge in [0.25, 0.3) is 0 Å². The minimum Gasteiger partial charge on any atom is -0.480 e. The fourth-order valence-electron chi connectivity index (χ4n) is 4.19. The Kier molecular flexibility index (Phi) is 9.85. The fraction of sp³-hybridized carbons (Fsp3) is 0.750. The van der Waals surface area contributed by atoms with Gasteiger partial charge in [-0.2, -0.15) is 0 Å². The van der Waals surface area contributed by atoms with Gasteiger partial charge >= 0.3 is 5.97 Å². The Labute approximate surface area is 205 Å². The molecule has 0 unspecified atom stereocenters. The summed E-state index contributed by atoms with van der Waals surface area (Å²) in [6.07, 6.45) is 2.19. The normalized spacial score (nSPS) is 30.0. The smallest absolute Gasteiger partial charge is 0.327 e. The summed E-state index contributed by atoms with van der Waals surface area (Å²) in [6, 6.07) is -4.31. The van der Waals surface area contributed by atoms with Crippen molar-refractivity contribution in [1.29, 1.82) is 0 Å². The lowest BCUT2D eigenvalue weighted by Gasteiger charge is -2.30. The molecule has 0 aromatic heterocycles. The van der Waals surface area contributed by atoms with Crippen LogP contribution in [-0.4, -0.2) is 107 Å². The van der Waals surface area contributed by atoms with E-state index in [0.29, 0.717) is 38.8 Å². The average Bonchev–Trinajstić information content (AvgIpc) is 3.32. The molecular weight excluding hydrogens is 486 g/mol. The molecule has 0 aromatic carbocycles. The first-order chi connectivity index (χ1) is 16.3. The highest BCUT2D eigenvalue weighted by atomic mass is 33.1. The first-order valence-electron chi connectivity index (χ1n) is 11.3. The van der Waals surface area contributed by atoms with Gasteiger partial charge in [-0.3, -0.25) is 19.2 Å². The molecule has 4 amide bonds. The molecule has 0 aromatic rings. The van der Waals surface area contributed by atoms with Gasteiger partial charge in [0.1, 0.15) is 24.2 Å². The van der Waals surface area contributed by atoms with Crippen LogP contribution in [0.2, 0.25) is 0 Å². The SMILES string of the molecule is O=C(N[C@H]1CSSC[C@@H](C(=O)O)NC(=O)[C@@H]2CCCN2C(=O)[C@H](CO)NC1=O)C1CCNCC1. The van der Waals surface area contributed by atoms with Gasteiger partial charge in [0, 0.05) is 24.0 Å². The van der Waals surface area contributed by atoms with Crippen LogP contribution in [0.1, 0.15) is 25.7 Å². The summed E-state index contributed by atoms with van der Waals surface area (Å²) in [7, 11) is 2.36. The van der Waals surface area contributed by atoms with Crippen LogP contribution in [0.4, 0.5) is 0 Å². The molecular formula is C20H31N5O7S2. The molecule has 0 bridgehead atoms. The van der Waals surface area contributed by atoms with Crippen LogP contribution in [0, 0.1) is 5.92 Å². The largest absolute Gasteiger partial charge is 0.480 e. The number of hydrogen-bond donors (Lipinski definition) is 6. The summed E-state index contributed by atoms with van der Waals surface area (Å²) in [5, 5.41) is 30.3. The average molecular weight is 518 g/mol. The number of amides is 4. The summed E-state index contributed by atoms with van der Waals surface area (Å²) >= 11 is 0. The molecule has 12 nitrogen and oxygen atoms in total. The van der Waals surface area contributed by atoms with Gasteiger partial charge in [-0.25, -0.2) is 4.79 Å². The third-order valence-electron chi connectivity index (χ3n) is 6.15. The van der Waals surface area contributed by atoms with Crippen LogP contribution in [-0.2, 0) is 24.0 Å². The minimum atomic E-state index is -1.28. The predicted molar refractivity (Wildman–Crippen MR) is 126 cm³/mol. The predicted octanol–water partition coefficient (Wildman–Crippen LogP) is -2.10. The van der Waals surface area contributed by atoms with Gasteiger partial charge in [0.05, 0.1) is 6.61 Å². The molecule has 190 valence electrons. The Morgan fingerprint density at radius 1 is 1.03 bits per heavy atom. The molecule has 14 heteroatoms. The van der Waals surface area contributed by atoms with Gasteiger partial charge < -0.3 is 36.4 Å². The van der Waals surface area contributed by atoms with Gasteiger partial charge in [-0.05, 0) is 38.8 Å². The minimum absolute atomic E-state index is 0.0439. The van der Waals surface area contributed by atoms with E-state index in [0.717, 1.165) is 0 Å². The number of aliphatic hydroxyl groups excluding tert-OH is 1. The maximum Gasteiger partial charge on any atom is 0.327 e. The zero-order chi connectivity index (χ0) is 24.7. The van der Waals surface area contributed by atoms with E-state index in [2.05, 4.69) is 21.3 Å². The second-order valence-electron chi connectivity index (χ2n) is 8.49. The van der Waals surface area contributed by atoms with E-state index in [1.54, 1.807) is 0 Å². The van der Waals surface area contributed by atoms with Gasteiger partial charge in [-0.1, -0.05) is 21.6 Å². The first kappa shape index (κ1) is 26.6. The lowest BCUT2D eigenvalue weighted by molar-refractivity contribution is -0.145. The molecule has 3 aliphatic rings. The zero-order valence-corrected chi connectivity index (χ0v) is 20.3. The molecule has 3 fully saturated rings. The fourth-order valence-corrected chi connectivity index (χ4v) is 6.51. The number of carbonyl (C=O) groups excluding carboxylic acids is 4. The van der Waals surface area contributed by atoms with E-state index in [1.807, 2.05) is 0 Å². The van der Waals surface area contributed by atoms with Crippen LogP contribution in [0.25, 0.3) is 0 Å². The van der Waals surface area contributed by atoms with E-state index in [1.165, 1.54) is 26.5 Å². The van der Waals surface area contributed by atoms with Crippen molar-refractivity contribution in [1.82, 2.24) is 26.2 Å². The highest BCUT2D eigenvalue weighted by Crippen LogP contribution is 2.25. The van der Waals surface area contributed by atoms with E-state index < -0.39 is 54.5 Å². The van der Waals surface area contributed by atoms with E-state index in [-0.39, 0.29) is 29.9 Å². The Balaban J connectivity index is 1.79. The third kappa shape index (κ3) is 6.77. The summed E-state index contributed by atoms with van der Waals surface area (Å²) in [5.41, 5.74) is 0. The first-order valence-corrected chi connectivity index (χ1v) is 13.8. The number of piperidine rings is 1. The van der Waals surface area contributed by atoms with Crippen molar-refractivity contribution in [3.63, 3.8) is 0 Å². The maximum absolute atomic E-state index is 13.1. The lowest BCUT2D eigenvalue weighted by Crippen LogP contribution is -2.59. The standard InChI is InChI=1S/C20H31N5O7S2/c26-8-12-19(30)25-7-1-2-15(25)18(29)24-14(20(31)32)10-34-33-9-13(17(28)22-12)23-16(27)11-3-5-21-6-4-11/h11-15,21,26H,1-10H2,(H,22,28)(H,23,27)(H,24,29)(H,31,32)/t12-,13-,14-,15-/m0/s1. The molecule has 0 saturated carbocycles. The number of nitrogens with zero attached hydrogens (tertiary/aromatic N) is 1. The van der Waals surface area contributed by atoms with Crippen LogP contribution >= 0.6 is 21.6 Å². The number of carboxylic acids is 1. The van der Waals surface area contributed by atoms with Crippen molar-refractivity contribution >= 4 is 51.2 Å². The van der Waals surface area contributed by atoms with Crippen molar-refractivity contribution in [3.8, 4) is 0 Å². The highest BCUT2D eigenvalue weighted by Gasteiger charge is 2.39. The topological polar surface area (TPSA) is 177 Å². The number of hydrogen-bond acceptors (Lipinski definition) is 9. The van der Waals surface area contributed by atoms with Crippen molar-refractivity contribution in [2.75, 3.05) is 37.7 Å². The van der Waals surface area contributed by atoms with Crippen LogP contribution in [0.3, 0.4) is 0 Å². The number of fused-ring (bicyclic) bond motifs is 1. The molecule has 0 spiro atoms. The second kappa shape index (κ2) is 12.6. The number of carbonyl (C=O) groups is 5. The number of carboxylic acid groups (broad SMARTS) is 1. The molecule has 3 heterocycles. The Bertz CT molecular complexity index is 795. The van der Waals surface area contributed by atoms with E-state index in [4.69, 9.17) is 0 Å². The Morgan fingerprint density at radius 2 is 1.74 bits per heavy atom. The lowest BCUT2D eigenvalue weighted by atomic mass is 9.97. The van der Waals surface area contributed by atoms with Gasteiger partial charge in [-0.15, -0.1) is 0 Å². The second-order valence-corrected chi connectivity index (χ2v) is 11.0.